The molecule has 1 aliphatic carbocycles. The summed E-state index contributed by atoms with van der Waals surface area (Å²) >= 11 is 12.9. The van der Waals surface area contributed by atoms with Crippen LogP contribution in [0.15, 0.2) is 18.2 Å². The number of ether oxygens (including phenoxy) is 1. The van der Waals surface area contributed by atoms with E-state index in [0.29, 0.717) is 5.02 Å². The van der Waals surface area contributed by atoms with Gasteiger partial charge in [-0.25, -0.2) is 0 Å². The van der Waals surface area contributed by atoms with E-state index in [-0.39, 0.29) is 10.8 Å². The Balaban J connectivity index is 2.27. The Kier molecular flexibility index (Phi) is 3.89. The molecule has 0 spiro atoms. The molecule has 2 rings (SSSR count). The smallest absolute Gasteiger partial charge is 0.120 e. The van der Waals surface area contributed by atoms with Crippen molar-refractivity contribution in [3.05, 3.63) is 28.8 Å². The summed E-state index contributed by atoms with van der Waals surface area (Å²) in [6, 6.07) is 5.75. The van der Waals surface area contributed by atoms with Crippen molar-refractivity contribution in [1.82, 2.24) is 0 Å². The van der Waals surface area contributed by atoms with Crippen molar-refractivity contribution in [2.24, 2.45) is 5.41 Å². The fraction of sp³-hybridized carbons (Fsp3) is 0.571. The van der Waals surface area contributed by atoms with Crippen LogP contribution in [0.4, 0.5) is 0 Å². The van der Waals surface area contributed by atoms with Gasteiger partial charge in [0, 0.05) is 5.02 Å². The van der Waals surface area contributed by atoms with Crippen LogP contribution < -0.4 is 4.74 Å². The standard InChI is InChI=1S/C14H18Cl2O/c1-14(7-3-4-8-14)13(16)11-6-5-10(17-2)9-12(11)15/h5-6,9,13H,3-4,7-8H2,1-2H3. The summed E-state index contributed by atoms with van der Waals surface area (Å²) in [5, 5.41) is 0.695. The molecule has 1 aromatic carbocycles. The number of hydrogen-bond acceptors (Lipinski definition) is 1. The lowest BCUT2D eigenvalue weighted by Gasteiger charge is -2.30. The van der Waals surface area contributed by atoms with Crippen molar-refractivity contribution in [3.8, 4) is 5.75 Å². The average molecular weight is 273 g/mol. The molecule has 1 fully saturated rings. The van der Waals surface area contributed by atoms with Gasteiger partial charge >= 0.3 is 0 Å². The van der Waals surface area contributed by atoms with Gasteiger partial charge in [0.2, 0.25) is 0 Å². The number of methoxy groups -OCH3 is 1. The zero-order valence-corrected chi connectivity index (χ0v) is 11.8. The van der Waals surface area contributed by atoms with Crippen LogP contribution in [0.25, 0.3) is 0 Å². The predicted molar refractivity (Wildman–Crippen MR) is 73.2 cm³/mol. The van der Waals surface area contributed by atoms with E-state index >= 15 is 0 Å². The zero-order chi connectivity index (χ0) is 12.5. The molecule has 1 unspecified atom stereocenters. The third kappa shape index (κ3) is 2.56. The maximum Gasteiger partial charge on any atom is 0.120 e. The first-order valence-electron chi connectivity index (χ1n) is 6.04. The lowest BCUT2D eigenvalue weighted by molar-refractivity contribution is 0.321. The minimum Gasteiger partial charge on any atom is -0.497 e. The lowest BCUT2D eigenvalue weighted by atomic mass is 9.81. The molecule has 0 aromatic heterocycles. The van der Waals surface area contributed by atoms with Gasteiger partial charge in [-0.05, 0) is 36.0 Å². The quantitative estimate of drug-likeness (QED) is 0.687. The van der Waals surface area contributed by atoms with E-state index in [9.17, 15) is 0 Å². The number of rotatable bonds is 3. The first-order chi connectivity index (χ1) is 8.07. The molecule has 0 aliphatic heterocycles. The highest BCUT2D eigenvalue weighted by atomic mass is 35.5. The van der Waals surface area contributed by atoms with E-state index in [1.54, 1.807) is 7.11 Å². The summed E-state index contributed by atoms with van der Waals surface area (Å²) in [6.07, 6.45) is 4.91. The van der Waals surface area contributed by atoms with Gasteiger partial charge in [-0.2, -0.15) is 0 Å². The van der Waals surface area contributed by atoms with E-state index < -0.39 is 0 Å². The monoisotopic (exact) mass is 272 g/mol. The minimum absolute atomic E-state index is 0.0107. The second-order valence-electron chi connectivity index (χ2n) is 5.11. The topological polar surface area (TPSA) is 9.23 Å². The van der Waals surface area contributed by atoms with Gasteiger partial charge in [0.25, 0.3) is 0 Å². The van der Waals surface area contributed by atoms with E-state index in [4.69, 9.17) is 27.9 Å². The van der Waals surface area contributed by atoms with Crippen LogP contribution >= 0.6 is 23.2 Å². The van der Waals surface area contributed by atoms with Crippen molar-refractivity contribution < 1.29 is 4.74 Å². The number of hydrogen-bond donors (Lipinski definition) is 0. The van der Waals surface area contributed by atoms with E-state index in [1.165, 1.54) is 25.7 Å². The SMILES string of the molecule is COc1ccc(C(Cl)C2(C)CCCC2)c(Cl)c1. The number of alkyl halides is 1. The second-order valence-corrected chi connectivity index (χ2v) is 5.95. The largest absolute Gasteiger partial charge is 0.497 e. The first-order valence-corrected chi connectivity index (χ1v) is 6.86. The lowest BCUT2D eigenvalue weighted by Crippen LogP contribution is -2.18. The highest BCUT2D eigenvalue weighted by Gasteiger charge is 2.37. The van der Waals surface area contributed by atoms with Crippen molar-refractivity contribution in [1.29, 1.82) is 0 Å². The van der Waals surface area contributed by atoms with E-state index in [1.807, 2.05) is 18.2 Å². The molecular weight excluding hydrogens is 255 g/mol. The van der Waals surface area contributed by atoms with Crippen molar-refractivity contribution in [2.45, 2.75) is 38.0 Å². The third-order valence-corrected chi connectivity index (χ3v) is 4.93. The fourth-order valence-corrected chi connectivity index (χ4v) is 3.40. The molecular formula is C14H18Cl2O. The van der Waals surface area contributed by atoms with Gasteiger partial charge in [-0.15, -0.1) is 11.6 Å². The van der Waals surface area contributed by atoms with E-state index in [2.05, 4.69) is 6.92 Å². The molecule has 0 saturated heterocycles. The van der Waals surface area contributed by atoms with Crippen LogP contribution in [0.3, 0.4) is 0 Å². The molecule has 1 atom stereocenters. The summed E-state index contributed by atoms with van der Waals surface area (Å²) in [4.78, 5) is 0. The molecule has 1 aromatic rings. The minimum atomic E-state index is -0.0107. The molecule has 0 bridgehead atoms. The van der Waals surface area contributed by atoms with Crippen LogP contribution in [-0.4, -0.2) is 7.11 Å². The molecule has 1 nitrogen and oxygen atoms in total. The summed E-state index contributed by atoms with van der Waals surface area (Å²) < 4.78 is 5.15. The summed E-state index contributed by atoms with van der Waals surface area (Å²) in [6.45, 7) is 2.26. The molecule has 0 N–H and O–H groups in total. The molecule has 1 aliphatic rings. The molecule has 0 radical (unpaired) electrons. The Morgan fingerprint density at radius 1 is 1.29 bits per heavy atom. The van der Waals surface area contributed by atoms with E-state index in [0.717, 1.165) is 11.3 Å². The van der Waals surface area contributed by atoms with Gasteiger partial charge in [0.1, 0.15) is 5.75 Å². The number of halogens is 2. The summed E-state index contributed by atoms with van der Waals surface area (Å²) in [5.74, 6) is 0.777. The van der Waals surface area contributed by atoms with Crippen molar-refractivity contribution in [2.75, 3.05) is 7.11 Å². The Bertz CT molecular complexity index is 397. The average Bonchev–Trinajstić information content (AvgIpc) is 2.76. The second kappa shape index (κ2) is 5.07. The first kappa shape index (κ1) is 13.0. The predicted octanol–water partition coefficient (Wildman–Crippen LogP) is 5.21. The number of benzene rings is 1. The normalized spacial score (nSPS) is 20.2. The molecule has 3 heteroatoms. The molecule has 17 heavy (non-hydrogen) atoms. The van der Waals surface area contributed by atoms with Crippen LogP contribution in [0.5, 0.6) is 5.75 Å². The van der Waals surface area contributed by atoms with Gasteiger partial charge < -0.3 is 4.74 Å². The maximum atomic E-state index is 6.63. The Hall–Kier alpha value is -0.400. The molecule has 0 heterocycles. The highest BCUT2D eigenvalue weighted by molar-refractivity contribution is 6.33. The van der Waals surface area contributed by atoms with Crippen LogP contribution in [0.2, 0.25) is 5.02 Å². The van der Waals surface area contributed by atoms with Crippen LogP contribution in [0.1, 0.15) is 43.5 Å². The van der Waals surface area contributed by atoms with Crippen molar-refractivity contribution >= 4 is 23.2 Å². The zero-order valence-electron chi connectivity index (χ0n) is 10.3. The van der Waals surface area contributed by atoms with Crippen LogP contribution in [0, 0.1) is 5.41 Å². The fourth-order valence-electron chi connectivity index (χ4n) is 2.65. The van der Waals surface area contributed by atoms with Gasteiger partial charge in [0.15, 0.2) is 0 Å². The third-order valence-electron chi connectivity index (χ3n) is 3.84. The summed E-state index contributed by atoms with van der Waals surface area (Å²) in [7, 11) is 1.64. The highest BCUT2D eigenvalue weighted by Crippen LogP contribution is 2.52. The van der Waals surface area contributed by atoms with Gasteiger partial charge in [-0.1, -0.05) is 37.4 Å². The molecule has 0 amide bonds. The maximum absolute atomic E-state index is 6.63. The Morgan fingerprint density at radius 2 is 1.94 bits per heavy atom. The van der Waals surface area contributed by atoms with Gasteiger partial charge in [0.05, 0.1) is 12.5 Å². The Labute approximate surface area is 113 Å². The molecule has 1 saturated carbocycles. The molecule has 94 valence electrons. The van der Waals surface area contributed by atoms with Crippen LogP contribution in [-0.2, 0) is 0 Å². The summed E-state index contributed by atoms with van der Waals surface area (Å²) in [5.41, 5.74) is 1.21. The van der Waals surface area contributed by atoms with Crippen molar-refractivity contribution in [3.63, 3.8) is 0 Å². The van der Waals surface area contributed by atoms with Gasteiger partial charge in [-0.3, -0.25) is 0 Å². The Morgan fingerprint density at radius 3 is 2.47 bits per heavy atom.